The summed E-state index contributed by atoms with van der Waals surface area (Å²) in [5, 5.41) is 2.99. The van der Waals surface area contributed by atoms with Crippen LogP contribution < -0.4 is 16.0 Å². The Balaban J connectivity index is 1.70. The van der Waals surface area contributed by atoms with Crippen LogP contribution in [-0.2, 0) is 17.6 Å². The van der Waals surface area contributed by atoms with Crippen LogP contribution in [0.15, 0.2) is 48.5 Å². The molecule has 0 bridgehead atoms. The van der Waals surface area contributed by atoms with Crippen LogP contribution in [-0.4, -0.2) is 25.0 Å². The predicted molar refractivity (Wildman–Crippen MR) is 94.8 cm³/mol. The van der Waals surface area contributed by atoms with Gasteiger partial charge in [0.2, 0.25) is 5.91 Å². The van der Waals surface area contributed by atoms with Gasteiger partial charge in [0.05, 0.1) is 6.54 Å². The van der Waals surface area contributed by atoms with E-state index in [9.17, 15) is 4.79 Å². The molecule has 1 unspecified atom stereocenters. The average Bonchev–Trinajstić information content (AvgIpc) is 2.54. The quantitative estimate of drug-likeness (QED) is 0.912. The van der Waals surface area contributed by atoms with E-state index in [-0.39, 0.29) is 11.9 Å². The third-order valence-electron chi connectivity index (χ3n) is 4.22. The number of hydrogen-bond donors (Lipinski definition) is 2. The number of amides is 1. The Morgan fingerprint density at radius 3 is 2.91 bits per heavy atom. The van der Waals surface area contributed by atoms with Gasteiger partial charge in [0.15, 0.2) is 0 Å². The fourth-order valence-electron chi connectivity index (χ4n) is 3.11. The maximum absolute atomic E-state index is 12.4. The van der Waals surface area contributed by atoms with Crippen LogP contribution in [0.25, 0.3) is 0 Å². The minimum atomic E-state index is -0.0119. The number of nitrogens with zero attached hydrogens (tertiary/aromatic N) is 1. The molecule has 0 saturated carbocycles. The van der Waals surface area contributed by atoms with Crippen molar-refractivity contribution in [1.29, 1.82) is 0 Å². The molecule has 0 aromatic heterocycles. The molecular formula is C19H23N3O. The zero-order chi connectivity index (χ0) is 16.2. The van der Waals surface area contributed by atoms with Crippen molar-refractivity contribution in [2.75, 3.05) is 23.3 Å². The molecule has 0 spiro atoms. The summed E-state index contributed by atoms with van der Waals surface area (Å²) in [6.07, 6.45) is 1.82. The van der Waals surface area contributed by atoms with E-state index in [2.05, 4.69) is 35.3 Å². The maximum atomic E-state index is 12.4. The van der Waals surface area contributed by atoms with E-state index in [4.69, 9.17) is 5.73 Å². The fraction of sp³-hybridized carbons (Fsp3) is 0.316. The summed E-state index contributed by atoms with van der Waals surface area (Å²) in [6.45, 7) is 3.13. The molecule has 0 radical (unpaired) electrons. The van der Waals surface area contributed by atoms with Crippen LogP contribution in [0.1, 0.15) is 18.1 Å². The van der Waals surface area contributed by atoms with Crippen molar-refractivity contribution in [3.63, 3.8) is 0 Å². The monoisotopic (exact) mass is 309 g/mol. The van der Waals surface area contributed by atoms with Gasteiger partial charge in [-0.25, -0.2) is 0 Å². The second kappa shape index (κ2) is 6.84. The highest BCUT2D eigenvalue weighted by Gasteiger charge is 2.23. The Kier molecular flexibility index (Phi) is 4.63. The number of benzene rings is 2. The van der Waals surface area contributed by atoms with E-state index in [0.29, 0.717) is 13.1 Å². The number of carbonyl (C=O) groups is 1. The molecule has 2 aromatic rings. The van der Waals surface area contributed by atoms with Crippen molar-refractivity contribution in [3.05, 3.63) is 59.7 Å². The molecule has 0 fully saturated rings. The van der Waals surface area contributed by atoms with E-state index in [1.807, 2.05) is 30.3 Å². The van der Waals surface area contributed by atoms with Crippen molar-refractivity contribution in [2.24, 2.45) is 5.73 Å². The number of nitrogens with two attached hydrogens (primary N) is 1. The number of aryl methyl sites for hydroxylation is 1. The number of para-hydroxylation sites is 1. The van der Waals surface area contributed by atoms with E-state index in [1.165, 1.54) is 11.1 Å². The molecule has 1 aliphatic rings. The fourth-order valence-corrected chi connectivity index (χ4v) is 3.11. The zero-order valence-electron chi connectivity index (χ0n) is 13.5. The SMILES string of the molecule is CCc1cccc(NC(=O)CN2CC(N)Cc3ccccc32)c1. The molecule has 1 amide bonds. The van der Waals surface area contributed by atoms with Crippen LogP contribution in [0.2, 0.25) is 0 Å². The summed E-state index contributed by atoms with van der Waals surface area (Å²) < 4.78 is 0. The van der Waals surface area contributed by atoms with Gasteiger partial charge in [0, 0.05) is 24.0 Å². The molecule has 120 valence electrons. The Morgan fingerprint density at radius 1 is 1.26 bits per heavy atom. The minimum Gasteiger partial charge on any atom is -0.360 e. The largest absolute Gasteiger partial charge is 0.360 e. The number of nitrogens with one attached hydrogen (secondary N) is 1. The maximum Gasteiger partial charge on any atom is 0.243 e. The first-order chi connectivity index (χ1) is 11.2. The second-order valence-corrected chi connectivity index (χ2v) is 6.08. The lowest BCUT2D eigenvalue weighted by Crippen LogP contribution is -2.46. The highest BCUT2D eigenvalue weighted by atomic mass is 16.2. The van der Waals surface area contributed by atoms with Gasteiger partial charge in [-0.1, -0.05) is 37.3 Å². The van der Waals surface area contributed by atoms with E-state index >= 15 is 0 Å². The molecule has 1 heterocycles. The molecular weight excluding hydrogens is 286 g/mol. The van der Waals surface area contributed by atoms with Crippen molar-refractivity contribution in [1.82, 2.24) is 0 Å². The highest BCUT2D eigenvalue weighted by Crippen LogP contribution is 2.26. The first-order valence-corrected chi connectivity index (χ1v) is 8.13. The van der Waals surface area contributed by atoms with Crippen LogP contribution >= 0.6 is 0 Å². The van der Waals surface area contributed by atoms with Gasteiger partial charge in [-0.3, -0.25) is 4.79 Å². The van der Waals surface area contributed by atoms with Crippen LogP contribution in [0.4, 0.5) is 11.4 Å². The molecule has 0 aliphatic carbocycles. The van der Waals surface area contributed by atoms with E-state index < -0.39 is 0 Å². The van der Waals surface area contributed by atoms with E-state index in [0.717, 1.165) is 24.2 Å². The summed E-state index contributed by atoms with van der Waals surface area (Å²) in [7, 11) is 0. The smallest absolute Gasteiger partial charge is 0.243 e. The Morgan fingerprint density at radius 2 is 2.09 bits per heavy atom. The Bertz CT molecular complexity index is 699. The molecule has 4 heteroatoms. The Hall–Kier alpha value is -2.33. The van der Waals surface area contributed by atoms with Gasteiger partial charge < -0.3 is 16.0 Å². The zero-order valence-corrected chi connectivity index (χ0v) is 13.5. The average molecular weight is 309 g/mol. The first-order valence-electron chi connectivity index (χ1n) is 8.13. The Labute approximate surface area is 137 Å². The van der Waals surface area contributed by atoms with E-state index in [1.54, 1.807) is 0 Å². The molecule has 4 nitrogen and oxygen atoms in total. The lowest BCUT2D eigenvalue weighted by Gasteiger charge is -2.34. The van der Waals surface area contributed by atoms with Crippen molar-refractivity contribution in [3.8, 4) is 0 Å². The van der Waals surface area contributed by atoms with Gasteiger partial charge in [0.25, 0.3) is 0 Å². The molecule has 2 aromatic carbocycles. The molecule has 0 saturated heterocycles. The summed E-state index contributed by atoms with van der Waals surface area (Å²) in [4.78, 5) is 14.5. The third kappa shape index (κ3) is 3.71. The topological polar surface area (TPSA) is 58.4 Å². The standard InChI is InChI=1S/C19H23N3O/c1-2-14-6-5-8-17(10-14)21-19(23)13-22-12-16(20)11-15-7-3-4-9-18(15)22/h3-10,16H,2,11-13,20H2,1H3,(H,21,23). The predicted octanol–water partition coefficient (Wildman–Crippen LogP) is 2.58. The molecule has 23 heavy (non-hydrogen) atoms. The summed E-state index contributed by atoms with van der Waals surface area (Å²) in [5.74, 6) is -0.0119. The van der Waals surface area contributed by atoms with Gasteiger partial charge in [0.1, 0.15) is 0 Å². The number of carbonyl (C=O) groups excluding carboxylic acids is 1. The summed E-state index contributed by atoms with van der Waals surface area (Å²) in [6, 6.07) is 16.2. The third-order valence-corrected chi connectivity index (χ3v) is 4.22. The summed E-state index contributed by atoms with van der Waals surface area (Å²) >= 11 is 0. The van der Waals surface area contributed by atoms with Crippen LogP contribution in [0.3, 0.4) is 0 Å². The number of rotatable bonds is 4. The van der Waals surface area contributed by atoms with Crippen molar-refractivity contribution >= 4 is 17.3 Å². The van der Waals surface area contributed by atoms with Gasteiger partial charge in [-0.15, -0.1) is 0 Å². The lowest BCUT2D eigenvalue weighted by molar-refractivity contribution is -0.115. The number of fused-ring (bicyclic) bond motifs is 1. The minimum absolute atomic E-state index is 0.0119. The highest BCUT2D eigenvalue weighted by molar-refractivity contribution is 5.94. The molecule has 1 aliphatic heterocycles. The normalized spacial score (nSPS) is 16.8. The molecule has 1 atom stereocenters. The lowest BCUT2D eigenvalue weighted by atomic mass is 9.98. The van der Waals surface area contributed by atoms with Gasteiger partial charge >= 0.3 is 0 Å². The van der Waals surface area contributed by atoms with Crippen molar-refractivity contribution in [2.45, 2.75) is 25.8 Å². The summed E-state index contributed by atoms with van der Waals surface area (Å²) in [5.41, 5.74) is 10.5. The second-order valence-electron chi connectivity index (χ2n) is 6.08. The molecule has 3 rings (SSSR count). The van der Waals surface area contributed by atoms with Crippen LogP contribution in [0.5, 0.6) is 0 Å². The number of anilines is 2. The van der Waals surface area contributed by atoms with Gasteiger partial charge in [-0.2, -0.15) is 0 Å². The van der Waals surface area contributed by atoms with Crippen molar-refractivity contribution < 1.29 is 4.79 Å². The molecule has 3 N–H and O–H groups in total. The van der Waals surface area contributed by atoms with Crippen LogP contribution in [0, 0.1) is 0 Å². The number of hydrogen-bond acceptors (Lipinski definition) is 3. The van der Waals surface area contributed by atoms with Gasteiger partial charge in [-0.05, 0) is 42.2 Å². The first kappa shape index (κ1) is 15.6.